The van der Waals surface area contributed by atoms with Crippen molar-refractivity contribution in [1.29, 1.82) is 0 Å². The Morgan fingerprint density at radius 1 is 1.16 bits per heavy atom. The molecule has 0 amide bonds. The van der Waals surface area contributed by atoms with Crippen LogP contribution in [0.25, 0.3) is 0 Å². The molecule has 114 valence electrons. The number of sulfonamides is 1. The minimum Gasteiger partial charge on any atom is -0.313 e. The fourth-order valence-electron chi connectivity index (χ4n) is 2.31. The van der Waals surface area contributed by atoms with E-state index >= 15 is 0 Å². The van der Waals surface area contributed by atoms with Gasteiger partial charge in [0.1, 0.15) is 0 Å². The van der Waals surface area contributed by atoms with Crippen molar-refractivity contribution < 1.29 is 21.6 Å². The van der Waals surface area contributed by atoms with Gasteiger partial charge in [-0.2, -0.15) is 13.2 Å². The molecule has 0 aromatic rings. The van der Waals surface area contributed by atoms with Gasteiger partial charge in [-0.3, -0.25) is 0 Å². The van der Waals surface area contributed by atoms with Gasteiger partial charge in [0, 0.05) is 19.1 Å². The van der Waals surface area contributed by atoms with Gasteiger partial charge in [-0.1, -0.05) is 6.92 Å². The lowest BCUT2D eigenvalue weighted by molar-refractivity contribution is -0.182. The number of hydrogen-bond donors (Lipinski definition) is 2. The van der Waals surface area contributed by atoms with Crippen LogP contribution in [0, 0.1) is 5.92 Å². The van der Waals surface area contributed by atoms with Crippen molar-refractivity contribution in [1.82, 2.24) is 10.0 Å². The lowest BCUT2D eigenvalue weighted by atomic mass is 9.85. The molecule has 1 aliphatic carbocycles. The van der Waals surface area contributed by atoms with E-state index in [0.717, 1.165) is 0 Å². The maximum atomic E-state index is 12.5. The van der Waals surface area contributed by atoms with Gasteiger partial charge in [-0.05, 0) is 25.7 Å². The molecular weight excluding hydrogens is 281 g/mol. The monoisotopic (exact) mass is 302 g/mol. The minimum absolute atomic E-state index is 0.00423. The van der Waals surface area contributed by atoms with E-state index in [-0.39, 0.29) is 31.2 Å². The van der Waals surface area contributed by atoms with Crippen LogP contribution in [-0.2, 0) is 10.0 Å². The zero-order valence-corrected chi connectivity index (χ0v) is 11.8. The Morgan fingerprint density at radius 2 is 1.74 bits per heavy atom. The van der Waals surface area contributed by atoms with Crippen molar-refractivity contribution in [3.05, 3.63) is 0 Å². The van der Waals surface area contributed by atoms with E-state index in [0.29, 0.717) is 19.4 Å². The van der Waals surface area contributed by atoms with Gasteiger partial charge in [-0.25, -0.2) is 13.1 Å². The Balaban J connectivity index is 2.24. The Bertz CT molecular complexity index is 363. The SMILES string of the molecule is CCNS(=O)(=O)CCNC1CCC(C(F)(F)F)CC1. The molecule has 8 heteroatoms. The number of hydrogen-bond acceptors (Lipinski definition) is 3. The molecule has 0 spiro atoms. The number of halogens is 3. The molecule has 0 aromatic carbocycles. The van der Waals surface area contributed by atoms with Gasteiger partial charge in [0.25, 0.3) is 0 Å². The van der Waals surface area contributed by atoms with Crippen LogP contribution in [0.3, 0.4) is 0 Å². The molecule has 0 saturated heterocycles. The van der Waals surface area contributed by atoms with E-state index in [1.165, 1.54) is 0 Å². The predicted molar refractivity (Wildman–Crippen MR) is 67.3 cm³/mol. The van der Waals surface area contributed by atoms with Crippen LogP contribution in [-0.4, -0.2) is 39.5 Å². The summed E-state index contributed by atoms with van der Waals surface area (Å²) >= 11 is 0. The molecule has 0 aliphatic heterocycles. The van der Waals surface area contributed by atoms with Gasteiger partial charge in [0.05, 0.1) is 11.7 Å². The average molecular weight is 302 g/mol. The molecule has 1 aliphatic rings. The number of alkyl halides is 3. The molecule has 0 unspecified atom stereocenters. The van der Waals surface area contributed by atoms with Crippen LogP contribution in [0.15, 0.2) is 0 Å². The van der Waals surface area contributed by atoms with Crippen molar-refractivity contribution in [2.75, 3.05) is 18.8 Å². The van der Waals surface area contributed by atoms with E-state index in [4.69, 9.17) is 0 Å². The first kappa shape index (κ1) is 16.7. The topological polar surface area (TPSA) is 58.2 Å². The summed E-state index contributed by atoms with van der Waals surface area (Å²) in [6.45, 7) is 2.32. The van der Waals surface area contributed by atoms with Gasteiger partial charge < -0.3 is 5.32 Å². The van der Waals surface area contributed by atoms with E-state index < -0.39 is 22.1 Å². The van der Waals surface area contributed by atoms with Crippen LogP contribution in [0.4, 0.5) is 13.2 Å². The summed E-state index contributed by atoms with van der Waals surface area (Å²) in [7, 11) is -3.26. The number of nitrogens with one attached hydrogen (secondary N) is 2. The second-order valence-corrected chi connectivity index (χ2v) is 6.79. The van der Waals surface area contributed by atoms with Gasteiger partial charge >= 0.3 is 6.18 Å². The summed E-state index contributed by atoms with van der Waals surface area (Å²) < 4.78 is 62.4. The first-order valence-corrected chi connectivity index (χ1v) is 8.17. The molecule has 2 N–H and O–H groups in total. The third-order valence-corrected chi connectivity index (χ3v) is 4.83. The maximum Gasteiger partial charge on any atom is 0.391 e. The largest absolute Gasteiger partial charge is 0.391 e. The van der Waals surface area contributed by atoms with Crippen LogP contribution >= 0.6 is 0 Å². The quantitative estimate of drug-likeness (QED) is 0.784. The molecule has 0 heterocycles. The molecule has 0 atom stereocenters. The number of rotatable bonds is 6. The molecule has 1 fully saturated rings. The van der Waals surface area contributed by atoms with Gasteiger partial charge in [0.15, 0.2) is 0 Å². The highest BCUT2D eigenvalue weighted by atomic mass is 32.2. The molecule has 19 heavy (non-hydrogen) atoms. The fraction of sp³-hybridized carbons (Fsp3) is 1.00. The molecule has 0 bridgehead atoms. The van der Waals surface area contributed by atoms with E-state index in [2.05, 4.69) is 10.0 Å². The second kappa shape index (κ2) is 6.90. The molecule has 0 aromatic heterocycles. The lowest BCUT2D eigenvalue weighted by Crippen LogP contribution is -2.40. The summed E-state index contributed by atoms with van der Waals surface area (Å²) in [6, 6.07) is -0.00423. The van der Waals surface area contributed by atoms with E-state index in [1.54, 1.807) is 6.92 Å². The summed E-state index contributed by atoms with van der Waals surface area (Å²) in [6.07, 6.45) is -2.95. The molecular formula is C11H21F3N2O2S. The van der Waals surface area contributed by atoms with E-state index in [9.17, 15) is 21.6 Å². The van der Waals surface area contributed by atoms with Crippen LogP contribution in [0.1, 0.15) is 32.6 Å². The maximum absolute atomic E-state index is 12.5. The highest BCUT2D eigenvalue weighted by Gasteiger charge is 2.41. The van der Waals surface area contributed by atoms with Crippen LogP contribution in [0.5, 0.6) is 0 Å². The Morgan fingerprint density at radius 3 is 2.21 bits per heavy atom. The van der Waals surface area contributed by atoms with Crippen LogP contribution in [0.2, 0.25) is 0 Å². The summed E-state index contributed by atoms with van der Waals surface area (Å²) in [4.78, 5) is 0. The first-order chi connectivity index (χ1) is 8.74. The fourth-order valence-corrected chi connectivity index (χ4v) is 3.29. The third-order valence-electron chi connectivity index (χ3n) is 3.36. The summed E-state index contributed by atoms with van der Waals surface area (Å²) in [5.74, 6) is -1.24. The summed E-state index contributed by atoms with van der Waals surface area (Å²) in [5, 5.41) is 3.02. The molecule has 0 radical (unpaired) electrons. The normalized spacial score (nSPS) is 25.5. The minimum atomic E-state index is -4.10. The highest BCUT2D eigenvalue weighted by Crippen LogP contribution is 2.37. The second-order valence-electron chi connectivity index (χ2n) is 4.86. The van der Waals surface area contributed by atoms with Crippen LogP contribution < -0.4 is 10.0 Å². The predicted octanol–water partition coefficient (Wildman–Crippen LogP) is 1.64. The third kappa shape index (κ3) is 6.09. The Kier molecular flexibility index (Phi) is 6.07. The highest BCUT2D eigenvalue weighted by molar-refractivity contribution is 7.89. The smallest absolute Gasteiger partial charge is 0.313 e. The summed E-state index contributed by atoms with van der Waals surface area (Å²) in [5.41, 5.74) is 0. The Hall–Kier alpha value is -0.340. The molecule has 1 saturated carbocycles. The van der Waals surface area contributed by atoms with E-state index in [1.807, 2.05) is 0 Å². The van der Waals surface area contributed by atoms with Crippen molar-refractivity contribution in [2.45, 2.75) is 44.8 Å². The van der Waals surface area contributed by atoms with Crippen molar-refractivity contribution >= 4 is 10.0 Å². The molecule has 4 nitrogen and oxygen atoms in total. The van der Waals surface area contributed by atoms with Gasteiger partial charge in [0.2, 0.25) is 10.0 Å². The average Bonchev–Trinajstić information content (AvgIpc) is 2.28. The van der Waals surface area contributed by atoms with Crippen molar-refractivity contribution in [3.63, 3.8) is 0 Å². The standard InChI is InChI=1S/C11H21F3N2O2S/c1-2-16-19(17,18)8-7-15-10-5-3-9(4-6-10)11(12,13)14/h9-10,15-16H,2-8H2,1H3. The van der Waals surface area contributed by atoms with Crippen molar-refractivity contribution in [2.24, 2.45) is 5.92 Å². The Labute approximate surface area is 112 Å². The van der Waals surface area contributed by atoms with Gasteiger partial charge in [-0.15, -0.1) is 0 Å². The lowest BCUT2D eigenvalue weighted by Gasteiger charge is -2.30. The molecule has 1 rings (SSSR count). The first-order valence-electron chi connectivity index (χ1n) is 6.52. The zero-order valence-electron chi connectivity index (χ0n) is 11.0. The zero-order chi connectivity index (χ0) is 14.5. The van der Waals surface area contributed by atoms with Crippen molar-refractivity contribution in [3.8, 4) is 0 Å².